The molecule has 0 aromatic carbocycles. The molecule has 1 saturated carbocycles. The first kappa shape index (κ1) is 9.77. The molecule has 2 N–H and O–H groups in total. The Morgan fingerprint density at radius 3 is 2.64 bits per heavy atom. The number of nitrogens with two attached hydrogens (primary N) is 1. The third-order valence-corrected chi connectivity index (χ3v) is 3.39. The molecule has 4 heteroatoms. The minimum absolute atomic E-state index is 0.104. The van der Waals surface area contributed by atoms with Crippen molar-refractivity contribution in [3.05, 3.63) is 0 Å². The van der Waals surface area contributed by atoms with Gasteiger partial charge in [-0.25, -0.2) is 4.99 Å². The summed E-state index contributed by atoms with van der Waals surface area (Å²) < 4.78 is 10.9. The van der Waals surface area contributed by atoms with E-state index in [9.17, 15) is 0 Å². The molecule has 1 heterocycles. The Morgan fingerprint density at radius 2 is 2.14 bits per heavy atom. The van der Waals surface area contributed by atoms with Crippen molar-refractivity contribution in [1.29, 1.82) is 0 Å². The van der Waals surface area contributed by atoms with Gasteiger partial charge in [0.2, 0.25) is 0 Å². The smallest absolute Gasteiger partial charge is 0.282 e. The fourth-order valence-corrected chi connectivity index (χ4v) is 2.49. The number of hydrogen-bond donors (Lipinski definition) is 1. The third-order valence-electron chi connectivity index (χ3n) is 3.39. The molecule has 2 aliphatic rings. The lowest BCUT2D eigenvalue weighted by Gasteiger charge is -2.38. The summed E-state index contributed by atoms with van der Waals surface area (Å²) in [5, 5.41) is 0. The lowest BCUT2D eigenvalue weighted by atomic mass is 9.79. The predicted octanol–water partition coefficient (Wildman–Crippen LogP) is 1.05. The van der Waals surface area contributed by atoms with Crippen molar-refractivity contribution in [2.24, 2.45) is 10.7 Å². The summed E-state index contributed by atoms with van der Waals surface area (Å²) in [6.07, 6.45) is 5.90. The van der Waals surface area contributed by atoms with E-state index in [4.69, 9.17) is 15.2 Å². The van der Waals surface area contributed by atoms with Crippen LogP contribution in [0.4, 0.5) is 0 Å². The zero-order valence-corrected chi connectivity index (χ0v) is 8.66. The molecule has 1 aliphatic heterocycles. The number of rotatable bonds is 2. The van der Waals surface area contributed by atoms with E-state index in [0.717, 1.165) is 12.8 Å². The quantitative estimate of drug-likeness (QED) is 0.721. The van der Waals surface area contributed by atoms with Crippen molar-refractivity contribution in [3.63, 3.8) is 0 Å². The lowest BCUT2D eigenvalue weighted by Crippen LogP contribution is -2.45. The van der Waals surface area contributed by atoms with Gasteiger partial charge in [0.05, 0.1) is 5.60 Å². The van der Waals surface area contributed by atoms with Gasteiger partial charge < -0.3 is 15.2 Å². The Bertz CT molecular complexity index is 234. The van der Waals surface area contributed by atoms with E-state index in [1.54, 1.807) is 7.11 Å². The molecule has 0 radical (unpaired) electrons. The number of methoxy groups -OCH3 is 1. The number of aliphatic imine (C=N–C) groups is 1. The van der Waals surface area contributed by atoms with E-state index in [2.05, 4.69) is 4.99 Å². The molecular formula is C10H18N2O2. The van der Waals surface area contributed by atoms with Crippen LogP contribution in [0.2, 0.25) is 0 Å². The van der Waals surface area contributed by atoms with Crippen LogP contribution in [0, 0.1) is 0 Å². The summed E-state index contributed by atoms with van der Waals surface area (Å²) in [6, 6.07) is 0.421. The predicted molar refractivity (Wildman–Crippen MR) is 54.2 cm³/mol. The molecule has 0 aromatic rings. The van der Waals surface area contributed by atoms with Crippen molar-refractivity contribution in [1.82, 2.24) is 0 Å². The zero-order valence-electron chi connectivity index (χ0n) is 8.66. The van der Waals surface area contributed by atoms with E-state index < -0.39 is 0 Å². The molecule has 0 aromatic heterocycles. The second kappa shape index (κ2) is 3.77. The first-order chi connectivity index (χ1) is 6.77. The SMILES string of the molecule is COC1(C2COC(N)=N2)CCCCC1. The van der Waals surface area contributed by atoms with Crippen LogP contribution < -0.4 is 5.73 Å². The highest BCUT2D eigenvalue weighted by molar-refractivity contribution is 5.73. The maximum absolute atomic E-state index is 5.67. The van der Waals surface area contributed by atoms with Gasteiger partial charge in [-0.05, 0) is 12.8 Å². The van der Waals surface area contributed by atoms with Gasteiger partial charge >= 0.3 is 0 Å². The molecule has 1 unspecified atom stereocenters. The monoisotopic (exact) mass is 198 g/mol. The van der Waals surface area contributed by atoms with Crippen LogP contribution >= 0.6 is 0 Å². The number of nitrogens with zero attached hydrogens (tertiary/aromatic N) is 1. The topological polar surface area (TPSA) is 56.8 Å². The molecule has 14 heavy (non-hydrogen) atoms. The maximum Gasteiger partial charge on any atom is 0.282 e. The summed E-state index contributed by atoms with van der Waals surface area (Å²) in [5.41, 5.74) is 5.41. The van der Waals surface area contributed by atoms with Crippen molar-refractivity contribution in [3.8, 4) is 0 Å². The van der Waals surface area contributed by atoms with Gasteiger partial charge in [0.25, 0.3) is 6.02 Å². The molecule has 1 aliphatic carbocycles. The highest BCUT2D eigenvalue weighted by Gasteiger charge is 2.42. The van der Waals surface area contributed by atoms with Crippen molar-refractivity contribution in [2.45, 2.75) is 43.7 Å². The summed E-state index contributed by atoms with van der Waals surface area (Å²) >= 11 is 0. The standard InChI is InChI=1S/C10H18N2O2/c1-13-10(5-3-2-4-6-10)8-7-14-9(11)12-8/h8H,2-7H2,1H3,(H2,11,12). The molecule has 4 nitrogen and oxygen atoms in total. The van der Waals surface area contributed by atoms with Gasteiger partial charge in [0.1, 0.15) is 12.6 Å². The van der Waals surface area contributed by atoms with Crippen molar-refractivity contribution in [2.75, 3.05) is 13.7 Å². The van der Waals surface area contributed by atoms with Gasteiger partial charge in [0, 0.05) is 7.11 Å². The van der Waals surface area contributed by atoms with Gasteiger partial charge in [0.15, 0.2) is 0 Å². The van der Waals surface area contributed by atoms with Crippen LogP contribution in [0.5, 0.6) is 0 Å². The van der Waals surface area contributed by atoms with Gasteiger partial charge in [-0.15, -0.1) is 0 Å². The molecule has 0 bridgehead atoms. The maximum atomic E-state index is 5.67. The Balaban J connectivity index is 2.10. The summed E-state index contributed by atoms with van der Waals surface area (Å²) in [4.78, 5) is 4.30. The lowest BCUT2D eigenvalue weighted by molar-refractivity contribution is -0.0615. The van der Waals surface area contributed by atoms with E-state index >= 15 is 0 Å². The third kappa shape index (κ3) is 1.59. The Hall–Kier alpha value is -0.770. The number of ether oxygens (including phenoxy) is 2. The largest absolute Gasteiger partial charge is 0.463 e. The molecule has 2 rings (SSSR count). The second-order valence-corrected chi connectivity index (χ2v) is 4.12. The van der Waals surface area contributed by atoms with E-state index in [0.29, 0.717) is 12.6 Å². The normalized spacial score (nSPS) is 30.9. The molecule has 1 fully saturated rings. The van der Waals surface area contributed by atoms with Crippen LogP contribution in [0.15, 0.2) is 4.99 Å². The summed E-state index contributed by atoms with van der Waals surface area (Å²) in [7, 11) is 1.77. The minimum Gasteiger partial charge on any atom is -0.463 e. The zero-order chi connectivity index (χ0) is 10.0. The van der Waals surface area contributed by atoms with Gasteiger partial charge in [-0.1, -0.05) is 19.3 Å². The first-order valence-electron chi connectivity index (χ1n) is 5.28. The number of amidine groups is 1. The number of hydrogen-bond acceptors (Lipinski definition) is 4. The Morgan fingerprint density at radius 1 is 1.43 bits per heavy atom. The Labute approximate surface area is 84.5 Å². The second-order valence-electron chi connectivity index (χ2n) is 4.12. The average molecular weight is 198 g/mol. The summed E-state index contributed by atoms with van der Waals surface area (Å²) in [6.45, 7) is 0.583. The molecule has 0 saturated heterocycles. The minimum atomic E-state index is -0.112. The molecular weight excluding hydrogens is 180 g/mol. The van der Waals surface area contributed by atoms with Gasteiger partial charge in [-0.3, -0.25) is 0 Å². The van der Waals surface area contributed by atoms with Crippen LogP contribution in [0.25, 0.3) is 0 Å². The van der Waals surface area contributed by atoms with Crippen molar-refractivity contribution >= 4 is 6.02 Å². The fourth-order valence-electron chi connectivity index (χ4n) is 2.49. The van der Waals surface area contributed by atoms with Crippen LogP contribution in [-0.2, 0) is 9.47 Å². The van der Waals surface area contributed by atoms with E-state index in [1.165, 1.54) is 19.3 Å². The van der Waals surface area contributed by atoms with Gasteiger partial charge in [-0.2, -0.15) is 0 Å². The average Bonchev–Trinajstić information content (AvgIpc) is 2.66. The van der Waals surface area contributed by atoms with Crippen molar-refractivity contribution < 1.29 is 9.47 Å². The first-order valence-corrected chi connectivity index (χ1v) is 5.28. The molecule has 80 valence electrons. The fraction of sp³-hybridized carbons (Fsp3) is 0.900. The van der Waals surface area contributed by atoms with Crippen LogP contribution in [0.3, 0.4) is 0 Å². The van der Waals surface area contributed by atoms with Crippen LogP contribution in [-0.4, -0.2) is 31.4 Å². The summed E-state index contributed by atoms with van der Waals surface area (Å²) in [5.74, 6) is 0. The van der Waals surface area contributed by atoms with E-state index in [1.807, 2.05) is 0 Å². The highest BCUT2D eigenvalue weighted by atomic mass is 16.5. The molecule has 1 atom stereocenters. The molecule has 0 spiro atoms. The van der Waals surface area contributed by atoms with Crippen LogP contribution in [0.1, 0.15) is 32.1 Å². The Kier molecular flexibility index (Phi) is 2.63. The highest BCUT2D eigenvalue weighted by Crippen LogP contribution is 2.36. The van der Waals surface area contributed by atoms with E-state index in [-0.39, 0.29) is 11.6 Å². The molecule has 0 amide bonds.